The summed E-state index contributed by atoms with van der Waals surface area (Å²) in [4.78, 5) is 28.6. The zero-order chi connectivity index (χ0) is 18.2. The molecule has 132 valence electrons. The van der Waals surface area contributed by atoms with Gasteiger partial charge in [-0.3, -0.25) is 9.78 Å². The van der Waals surface area contributed by atoms with E-state index < -0.39 is 12.1 Å². The monoisotopic (exact) mass is 340 g/mol. The van der Waals surface area contributed by atoms with E-state index in [2.05, 4.69) is 17.2 Å². The number of benzene rings is 1. The minimum atomic E-state index is -0.878. The Labute approximate surface area is 148 Å². The van der Waals surface area contributed by atoms with Crippen LogP contribution in [0, 0.1) is 6.92 Å². The van der Waals surface area contributed by atoms with E-state index in [4.69, 9.17) is 4.74 Å². The fraction of sp³-hybridized carbons (Fsp3) is 0.350. The molecule has 1 aromatic heterocycles. The van der Waals surface area contributed by atoms with Crippen molar-refractivity contribution in [3.63, 3.8) is 0 Å². The third-order valence-corrected chi connectivity index (χ3v) is 3.90. The second-order valence-electron chi connectivity index (χ2n) is 6.00. The number of amides is 1. The Hall–Kier alpha value is -2.69. The first-order valence-electron chi connectivity index (χ1n) is 8.50. The molecule has 0 radical (unpaired) electrons. The van der Waals surface area contributed by atoms with Crippen LogP contribution in [0.15, 0.2) is 48.7 Å². The Morgan fingerprint density at radius 1 is 1.16 bits per heavy atom. The molecule has 5 nitrogen and oxygen atoms in total. The van der Waals surface area contributed by atoms with Crippen LogP contribution < -0.4 is 5.32 Å². The lowest BCUT2D eigenvalue weighted by Gasteiger charge is -2.21. The van der Waals surface area contributed by atoms with Crippen LogP contribution in [0.5, 0.6) is 0 Å². The molecule has 0 bridgehead atoms. The largest absolute Gasteiger partial charge is 0.449 e. The first-order valence-corrected chi connectivity index (χ1v) is 8.50. The molecule has 0 aliphatic heterocycles. The lowest BCUT2D eigenvalue weighted by molar-refractivity contribution is -0.129. The second kappa shape index (κ2) is 8.97. The molecular weight excluding hydrogens is 316 g/mol. The number of aromatic nitrogens is 1. The highest BCUT2D eigenvalue weighted by Crippen LogP contribution is 2.18. The quantitative estimate of drug-likeness (QED) is 0.782. The fourth-order valence-electron chi connectivity index (χ4n) is 2.46. The van der Waals surface area contributed by atoms with E-state index in [0.29, 0.717) is 5.56 Å². The summed E-state index contributed by atoms with van der Waals surface area (Å²) in [7, 11) is 0. The first kappa shape index (κ1) is 18.6. The van der Waals surface area contributed by atoms with Crippen molar-refractivity contribution in [2.45, 2.75) is 45.8 Å². The topological polar surface area (TPSA) is 68.3 Å². The van der Waals surface area contributed by atoms with Crippen molar-refractivity contribution in [3.8, 4) is 0 Å². The van der Waals surface area contributed by atoms with Crippen molar-refractivity contribution < 1.29 is 14.3 Å². The number of rotatable bonds is 7. The standard InChI is InChI=1S/C20H24N2O3/c1-4-8-18(16-9-6-5-7-10-16)22-19(23)15(3)25-20(24)17-12-11-14(2)21-13-17/h5-7,9-13,15,18H,4,8H2,1-3H3,(H,22,23)/t15-,18-/m1/s1. The van der Waals surface area contributed by atoms with E-state index in [-0.39, 0.29) is 11.9 Å². The highest BCUT2D eigenvalue weighted by atomic mass is 16.5. The third-order valence-electron chi connectivity index (χ3n) is 3.90. The third kappa shape index (κ3) is 5.41. The minimum absolute atomic E-state index is 0.0964. The van der Waals surface area contributed by atoms with Crippen molar-refractivity contribution in [2.24, 2.45) is 0 Å². The fourth-order valence-corrected chi connectivity index (χ4v) is 2.46. The lowest BCUT2D eigenvalue weighted by atomic mass is 10.0. The molecule has 1 heterocycles. The van der Waals surface area contributed by atoms with E-state index in [1.54, 1.807) is 19.1 Å². The molecule has 0 unspecified atom stereocenters. The van der Waals surface area contributed by atoms with Gasteiger partial charge >= 0.3 is 5.97 Å². The van der Waals surface area contributed by atoms with Gasteiger partial charge in [-0.1, -0.05) is 43.7 Å². The van der Waals surface area contributed by atoms with Crippen molar-refractivity contribution in [2.75, 3.05) is 0 Å². The Bertz CT molecular complexity index is 699. The molecule has 2 rings (SSSR count). The highest BCUT2D eigenvalue weighted by Gasteiger charge is 2.22. The number of aryl methyl sites for hydroxylation is 1. The van der Waals surface area contributed by atoms with Crippen LogP contribution >= 0.6 is 0 Å². The van der Waals surface area contributed by atoms with Gasteiger partial charge in [-0.25, -0.2) is 4.79 Å². The number of ether oxygens (including phenoxy) is 1. The molecular formula is C20H24N2O3. The highest BCUT2D eigenvalue weighted by molar-refractivity contribution is 5.92. The molecule has 0 fully saturated rings. The van der Waals surface area contributed by atoms with Crippen LogP contribution in [0.3, 0.4) is 0 Å². The minimum Gasteiger partial charge on any atom is -0.449 e. The zero-order valence-corrected chi connectivity index (χ0v) is 14.9. The van der Waals surface area contributed by atoms with Crippen molar-refractivity contribution in [1.82, 2.24) is 10.3 Å². The summed E-state index contributed by atoms with van der Waals surface area (Å²) in [5.74, 6) is -0.863. The van der Waals surface area contributed by atoms with Gasteiger partial charge in [0.1, 0.15) is 0 Å². The van der Waals surface area contributed by atoms with E-state index in [9.17, 15) is 9.59 Å². The summed E-state index contributed by atoms with van der Waals surface area (Å²) < 4.78 is 5.26. The van der Waals surface area contributed by atoms with Crippen LogP contribution in [0.2, 0.25) is 0 Å². The molecule has 0 aliphatic rings. The van der Waals surface area contributed by atoms with Crippen molar-refractivity contribution in [3.05, 3.63) is 65.5 Å². The van der Waals surface area contributed by atoms with Crippen LogP contribution in [0.4, 0.5) is 0 Å². The average molecular weight is 340 g/mol. The molecule has 0 saturated heterocycles. The maximum absolute atomic E-state index is 12.4. The summed E-state index contributed by atoms with van der Waals surface area (Å²) in [5.41, 5.74) is 2.19. The van der Waals surface area contributed by atoms with Crippen LogP contribution in [-0.2, 0) is 9.53 Å². The smallest absolute Gasteiger partial charge is 0.340 e. The average Bonchev–Trinajstić information content (AvgIpc) is 2.62. The molecule has 25 heavy (non-hydrogen) atoms. The van der Waals surface area contributed by atoms with E-state index in [0.717, 1.165) is 24.1 Å². The molecule has 1 N–H and O–H groups in total. The molecule has 1 amide bonds. The summed E-state index contributed by atoms with van der Waals surface area (Å²) in [6, 6.07) is 13.1. The van der Waals surface area contributed by atoms with Gasteiger partial charge in [0.15, 0.2) is 6.10 Å². The van der Waals surface area contributed by atoms with Gasteiger partial charge in [-0.05, 0) is 38.0 Å². The molecule has 0 saturated carbocycles. The predicted molar refractivity (Wildman–Crippen MR) is 96.1 cm³/mol. The Morgan fingerprint density at radius 3 is 2.48 bits per heavy atom. The predicted octanol–water partition coefficient (Wildman–Crippen LogP) is 3.59. The second-order valence-corrected chi connectivity index (χ2v) is 6.00. The number of hydrogen-bond acceptors (Lipinski definition) is 4. The van der Waals surface area contributed by atoms with Gasteiger partial charge in [-0.2, -0.15) is 0 Å². The van der Waals surface area contributed by atoms with Crippen LogP contribution in [-0.4, -0.2) is 23.0 Å². The maximum Gasteiger partial charge on any atom is 0.340 e. The Kier molecular flexibility index (Phi) is 6.69. The lowest BCUT2D eigenvalue weighted by Crippen LogP contribution is -2.38. The number of pyridine rings is 1. The van der Waals surface area contributed by atoms with Gasteiger partial charge in [0.2, 0.25) is 0 Å². The molecule has 5 heteroatoms. The van der Waals surface area contributed by atoms with Gasteiger partial charge in [0.25, 0.3) is 5.91 Å². The van der Waals surface area contributed by atoms with Gasteiger partial charge < -0.3 is 10.1 Å². The van der Waals surface area contributed by atoms with Crippen molar-refractivity contribution >= 4 is 11.9 Å². The summed E-state index contributed by atoms with van der Waals surface area (Å²) >= 11 is 0. The Balaban J connectivity index is 1.98. The normalized spacial score (nSPS) is 12.9. The van der Waals surface area contributed by atoms with E-state index in [1.807, 2.05) is 37.3 Å². The van der Waals surface area contributed by atoms with Gasteiger partial charge in [-0.15, -0.1) is 0 Å². The molecule has 1 aromatic carbocycles. The number of nitrogens with one attached hydrogen (secondary N) is 1. The molecule has 2 atom stereocenters. The van der Waals surface area contributed by atoms with E-state index in [1.165, 1.54) is 6.20 Å². The summed E-state index contributed by atoms with van der Waals surface area (Å²) in [5, 5.41) is 2.97. The number of esters is 1. The van der Waals surface area contributed by atoms with Gasteiger partial charge in [0, 0.05) is 11.9 Å². The van der Waals surface area contributed by atoms with Crippen LogP contribution in [0.25, 0.3) is 0 Å². The summed E-state index contributed by atoms with van der Waals surface area (Å²) in [6.07, 6.45) is 2.32. The number of carbonyl (C=O) groups is 2. The van der Waals surface area contributed by atoms with Gasteiger partial charge in [0.05, 0.1) is 11.6 Å². The Morgan fingerprint density at radius 2 is 1.88 bits per heavy atom. The number of carbonyl (C=O) groups excluding carboxylic acids is 2. The summed E-state index contributed by atoms with van der Waals surface area (Å²) in [6.45, 7) is 5.47. The first-order chi connectivity index (χ1) is 12.0. The molecule has 2 aromatic rings. The molecule has 0 aliphatic carbocycles. The SMILES string of the molecule is CCC[C@@H](NC(=O)[C@@H](C)OC(=O)c1ccc(C)nc1)c1ccccc1. The van der Waals surface area contributed by atoms with Crippen LogP contribution in [0.1, 0.15) is 54.3 Å². The molecule has 0 spiro atoms. The zero-order valence-electron chi connectivity index (χ0n) is 14.9. The number of nitrogens with zero attached hydrogens (tertiary/aromatic N) is 1. The maximum atomic E-state index is 12.4. The van der Waals surface area contributed by atoms with E-state index >= 15 is 0 Å². The number of hydrogen-bond donors (Lipinski definition) is 1. The van der Waals surface area contributed by atoms with Crippen molar-refractivity contribution in [1.29, 1.82) is 0 Å².